The predicted molar refractivity (Wildman–Crippen MR) is 121 cm³/mol. The van der Waals surface area contributed by atoms with E-state index in [-0.39, 0.29) is 5.91 Å². The lowest BCUT2D eigenvalue weighted by Gasteiger charge is -2.17. The van der Waals surface area contributed by atoms with Gasteiger partial charge in [0, 0.05) is 50.0 Å². The van der Waals surface area contributed by atoms with Crippen molar-refractivity contribution in [2.75, 3.05) is 38.5 Å². The van der Waals surface area contributed by atoms with Crippen LogP contribution in [-0.4, -0.2) is 64.6 Å². The molecular formula is C23H25FN6O. The van der Waals surface area contributed by atoms with Crippen LogP contribution in [0.1, 0.15) is 22.5 Å². The zero-order valence-electron chi connectivity index (χ0n) is 17.7. The first-order valence-corrected chi connectivity index (χ1v) is 10.6. The number of nitrogens with zero attached hydrogens (tertiary/aromatic N) is 4. The van der Waals surface area contributed by atoms with Crippen molar-refractivity contribution in [1.29, 1.82) is 0 Å². The molecule has 7 nitrogen and oxygen atoms in total. The summed E-state index contributed by atoms with van der Waals surface area (Å²) in [6.45, 7) is 4.70. The number of likely N-dealkylation sites (tertiary alicyclic amines) is 1. The second-order valence-corrected chi connectivity index (χ2v) is 8.06. The second kappa shape index (κ2) is 7.77. The molecule has 2 N–H and O–H groups in total. The molecule has 8 heteroatoms. The zero-order valence-corrected chi connectivity index (χ0v) is 17.7. The van der Waals surface area contributed by atoms with Crippen LogP contribution in [0.2, 0.25) is 0 Å². The summed E-state index contributed by atoms with van der Waals surface area (Å²) in [7, 11) is 1.62. The fraction of sp³-hybridized carbons (Fsp3) is 0.348. The van der Waals surface area contributed by atoms with Crippen molar-refractivity contribution in [2.24, 2.45) is 0 Å². The van der Waals surface area contributed by atoms with Gasteiger partial charge in [-0.25, -0.2) is 14.4 Å². The number of aromatic nitrogens is 3. The summed E-state index contributed by atoms with van der Waals surface area (Å²) in [5.74, 6) is -0.195. The van der Waals surface area contributed by atoms with Gasteiger partial charge in [-0.2, -0.15) is 0 Å². The summed E-state index contributed by atoms with van der Waals surface area (Å²) >= 11 is 0. The number of anilines is 1. The van der Waals surface area contributed by atoms with Crippen LogP contribution in [0.3, 0.4) is 0 Å². The van der Waals surface area contributed by atoms with Gasteiger partial charge in [-0.1, -0.05) is 12.1 Å². The first kappa shape index (κ1) is 19.7. The minimum absolute atomic E-state index is 0.195. The van der Waals surface area contributed by atoms with Crippen LogP contribution >= 0.6 is 0 Å². The van der Waals surface area contributed by atoms with E-state index in [0.717, 1.165) is 46.5 Å². The molecule has 1 aliphatic rings. The number of amides is 1. The highest BCUT2D eigenvalue weighted by molar-refractivity contribution is 6.07. The van der Waals surface area contributed by atoms with Crippen molar-refractivity contribution in [2.45, 2.75) is 19.5 Å². The van der Waals surface area contributed by atoms with Gasteiger partial charge < -0.3 is 10.6 Å². The Morgan fingerprint density at radius 1 is 1.23 bits per heavy atom. The van der Waals surface area contributed by atoms with E-state index in [4.69, 9.17) is 9.97 Å². The maximum atomic E-state index is 13.5. The summed E-state index contributed by atoms with van der Waals surface area (Å²) in [6.07, 6.45) is -0.111. The normalized spacial score (nSPS) is 17.1. The third-order valence-corrected chi connectivity index (χ3v) is 5.90. The van der Waals surface area contributed by atoms with Crippen molar-refractivity contribution in [3.8, 4) is 0 Å². The first-order valence-electron chi connectivity index (χ1n) is 10.6. The minimum Gasteiger partial charge on any atom is -0.383 e. The topological polar surface area (TPSA) is 74.6 Å². The lowest BCUT2D eigenvalue weighted by Crippen LogP contribution is -2.27. The number of alkyl halides is 1. The van der Waals surface area contributed by atoms with Crippen molar-refractivity contribution < 1.29 is 9.18 Å². The number of hydrogen-bond acceptors (Lipinski definition) is 5. The number of fused-ring (bicyclic) bond motifs is 5. The number of halogens is 1. The Morgan fingerprint density at radius 2 is 2.06 bits per heavy atom. The molecule has 31 heavy (non-hydrogen) atoms. The number of imidazole rings is 1. The number of hydrogen-bond donors (Lipinski definition) is 2. The number of benzene rings is 1. The van der Waals surface area contributed by atoms with Gasteiger partial charge in [0.1, 0.15) is 11.8 Å². The Balaban J connectivity index is 1.64. The average molecular weight is 420 g/mol. The third kappa shape index (κ3) is 3.46. The fourth-order valence-corrected chi connectivity index (χ4v) is 4.39. The van der Waals surface area contributed by atoms with Gasteiger partial charge in [0.2, 0.25) is 0 Å². The van der Waals surface area contributed by atoms with E-state index in [1.807, 2.05) is 47.7 Å². The quantitative estimate of drug-likeness (QED) is 0.519. The van der Waals surface area contributed by atoms with Crippen LogP contribution in [0.5, 0.6) is 0 Å². The maximum Gasteiger partial charge on any atom is 0.254 e. The van der Waals surface area contributed by atoms with Crippen molar-refractivity contribution in [3.05, 3.63) is 47.7 Å². The SMILES string of the molecule is CNC(=O)c1cc2c(NCCN3CCC(F)C3)cc(C)nc2n2c1nc1ccccc12. The molecule has 1 fully saturated rings. The molecule has 1 aromatic carbocycles. The fourth-order valence-electron chi connectivity index (χ4n) is 4.39. The molecule has 1 saturated heterocycles. The van der Waals surface area contributed by atoms with Crippen LogP contribution in [0.25, 0.3) is 27.7 Å². The average Bonchev–Trinajstić information content (AvgIpc) is 3.36. The third-order valence-electron chi connectivity index (χ3n) is 5.90. The number of nitrogens with one attached hydrogen (secondary N) is 2. The summed E-state index contributed by atoms with van der Waals surface area (Å²) in [5.41, 5.74) is 5.33. The monoisotopic (exact) mass is 420 g/mol. The van der Waals surface area contributed by atoms with Gasteiger partial charge in [0.15, 0.2) is 5.65 Å². The maximum absolute atomic E-state index is 13.5. The molecule has 3 aromatic heterocycles. The molecule has 0 aliphatic carbocycles. The number of carbonyl (C=O) groups is 1. The zero-order chi connectivity index (χ0) is 21.5. The van der Waals surface area contributed by atoms with E-state index in [1.54, 1.807) is 7.05 Å². The Labute approximate surface area is 179 Å². The van der Waals surface area contributed by atoms with Crippen molar-refractivity contribution in [3.63, 3.8) is 0 Å². The van der Waals surface area contributed by atoms with E-state index in [2.05, 4.69) is 15.5 Å². The number of rotatable bonds is 5. The van der Waals surface area contributed by atoms with Gasteiger partial charge >= 0.3 is 0 Å². The molecule has 1 unspecified atom stereocenters. The van der Waals surface area contributed by atoms with Crippen LogP contribution < -0.4 is 10.6 Å². The molecule has 0 bridgehead atoms. The van der Waals surface area contributed by atoms with E-state index in [9.17, 15) is 9.18 Å². The van der Waals surface area contributed by atoms with Crippen LogP contribution in [0.4, 0.5) is 10.1 Å². The summed E-state index contributed by atoms with van der Waals surface area (Å²) in [4.78, 5) is 24.3. The van der Waals surface area contributed by atoms with Crippen molar-refractivity contribution in [1.82, 2.24) is 24.6 Å². The van der Waals surface area contributed by atoms with E-state index >= 15 is 0 Å². The van der Waals surface area contributed by atoms with Gasteiger partial charge in [0.25, 0.3) is 5.91 Å². The summed E-state index contributed by atoms with van der Waals surface area (Å²) < 4.78 is 15.4. The standard InChI is InChI=1S/C23H25FN6O/c1-14-11-19(26-8-10-29-9-7-15(24)13-29)16-12-17(23(31)25-2)22-28-18-5-3-4-6-20(18)30(22)21(16)27-14/h3-6,11-12,15H,7-10,13H2,1-2H3,(H,25,31)(H,26,27). The molecule has 160 valence electrons. The van der Waals surface area contributed by atoms with E-state index < -0.39 is 6.17 Å². The molecule has 1 amide bonds. The van der Waals surface area contributed by atoms with Gasteiger partial charge in [-0.05, 0) is 37.6 Å². The number of para-hydroxylation sites is 2. The van der Waals surface area contributed by atoms with Gasteiger partial charge in [-0.3, -0.25) is 14.1 Å². The van der Waals surface area contributed by atoms with Crippen LogP contribution in [-0.2, 0) is 0 Å². The Morgan fingerprint density at radius 3 is 2.84 bits per heavy atom. The predicted octanol–water partition coefficient (Wildman–Crippen LogP) is 3.16. The molecule has 1 atom stereocenters. The summed E-state index contributed by atoms with van der Waals surface area (Å²) in [6, 6.07) is 11.7. The molecule has 4 heterocycles. The molecule has 0 radical (unpaired) electrons. The molecule has 0 saturated carbocycles. The van der Waals surface area contributed by atoms with Gasteiger partial charge in [-0.15, -0.1) is 0 Å². The lowest BCUT2D eigenvalue weighted by atomic mass is 10.1. The highest BCUT2D eigenvalue weighted by atomic mass is 19.1. The molecule has 5 rings (SSSR count). The Hall–Kier alpha value is -3.26. The highest BCUT2D eigenvalue weighted by Crippen LogP contribution is 2.30. The number of pyridine rings is 2. The Bertz CT molecular complexity index is 1300. The second-order valence-electron chi connectivity index (χ2n) is 8.06. The highest BCUT2D eigenvalue weighted by Gasteiger charge is 2.22. The first-order chi connectivity index (χ1) is 15.0. The van der Waals surface area contributed by atoms with Crippen LogP contribution in [0, 0.1) is 6.92 Å². The van der Waals surface area contributed by atoms with Crippen LogP contribution in [0.15, 0.2) is 36.4 Å². The largest absolute Gasteiger partial charge is 0.383 e. The van der Waals surface area contributed by atoms with Gasteiger partial charge in [0.05, 0.1) is 16.6 Å². The summed E-state index contributed by atoms with van der Waals surface area (Å²) in [5, 5.41) is 7.06. The number of aryl methyl sites for hydroxylation is 1. The number of carbonyl (C=O) groups excluding carboxylic acids is 1. The smallest absolute Gasteiger partial charge is 0.254 e. The lowest BCUT2D eigenvalue weighted by molar-refractivity contribution is 0.0964. The molecule has 1 aliphatic heterocycles. The minimum atomic E-state index is -0.720. The van der Waals surface area contributed by atoms with Crippen molar-refractivity contribution >= 4 is 39.3 Å². The van der Waals surface area contributed by atoms with E-state index in [0.29, 0.717) is 30.7 Å². The molecular weight excluding hydrogens is 395 g/mol. The Kier molecular flexibility index (Phi) is 4.94. The molecule has 0 spiro atoms. The molecule has 4 aromatic rings. The van der Waals surface area contributed by atoms with E-state index in [1.165, 1.54) is 0 Å².